The molecule has 2 aromatic rings. The van der Waals surface area contributed by atoms with Crippen LogP contribution in [0, 0.1) is 0 Å². The van der Waals surface area contributed by atoms with Crippen molar-refractivity contribution in [3.05, 3.63) is 35.6 Å². The highest BCUT2D eigenvalue weighted by Gasteiger charge is 2.05. The first-order chi connectivity index (χ1) is 8.24. The van der Waals surface area contributed by atoms with Crippen LogP contribution in [0.2, 0.25) is 5.02 Å². The van der Waals surface area contributed by atoms with Gasteiger partial charge in [0.25, 0.3) is 0 Å². The first kappa shape index (κ1) is 12.0. The normalized spacial score (nSPS) is 10.5. The third-order valence-corrected chi connectivity index (χ3v) is 2.79. The molecule has 0 aliphatic rings. The second kappa shape index (κ2) is 5.21. The minimum absolute atomic E-state index is 0.574. The average Bonchev–Trinajstić information content (AvgIpc) is 2.79. The zero-order valence-electron chi connectivity index (χ0n) is 9.56. The summed E-state index contributed by atoms with van der Waals surface area (Å²) in [7, 11) is 1.60. The van der Waals surface area contributed by atoms with E-state index >= 15 is 0 Å². The molecular formula is C12H14ClN3O. The Morgan fingerprint density at radius 3 is 2.94 bits per heavy atom. The van der Waals surface area contributed by atoms with E-state index in [-0.39, 0.29) is 0 Å². The predicted molar refractivity (Wildman–Crippen MR) is 68.3 cm³/mol. The summed E-state index contributed by atoms with van der Waals surface area (Å²) in [6.45, 7) is 1.29. The quantitative estimate of drug-likeness (QED) is 0.906. The van der Waals surface area contributed by atoms with Gasteiger partial charge in [-0.05, 0) is 17.7 Å². The predicted octanol–water partition coefficient (Wildman–Crippen LogP) is 2.17. The summed E-state index contributed by atoms with van der Waals surface area (Å²) in [6, 6.07) is 5.65. The number of halogens is 1. The molecule has 0 aliphatic heterocycles. The zero-order chi connectivity index (χ0) is 12.3. The number of nitrogens with zero attached hydrogens (tertiary/aromatic N) is 2. The van der Waals surface area contributed by atoms with Crippen molar-refractivity contribution in [1.29, 1.82) is 0 Å². The Morgan fingerprint density at radius 2 is 2.24 bits per heavy atom. The molecule has 0 spiro atoms. The molecule has 0 bridgehead atoms. The van der Waals surface area contributed by atoms with Gasteiger partial charge < -0.3 is 10.5 Å². The Labute approximate surface area is 105 Å². The number of hydrogen-bond acceptors (Lipinski definition) is 3. The van der Waals surface area contributed by atoms with Crippen LogP contribution in [0.5, 0.6) is 5.75 Å². The summed E-state index contributed by atoms with van der Waals surface area (Å²) in [6.07, 6.45) is 3.76. The third kappa shape index (κ3) is 2.60. The van der Waals surface area contributed by atoms with Crippen molar-refractivity contribution in [2.45, 2.75) is 6.54 Å². The molecule has 0 amide bonds. The zero-order valence-corrected chi connectivity index (χ0v) is 10.3. The van der Waals surface area contributed by atoms with Gasteiger partial charge in [-0.1, -0.05) is 17.7 Å². The van der Waals surface area contributed by atoms with Crippen LogP contribution in [0.4, 0.5) is 0 Å². The van der Waals surface area contributed by atoms with Gasteiger partial charge in [-0.3, -0.25) is 4.68 Å². The van der Waals surface area contributed by atoms with Gasteiger partial charge in [-0.15, -0.1) is 0 Å². The second-order valence-electron chi connectivity index (χ2n) is 3.63. The number of rotatable bonds is 4. The van der Waals surface area contributed by atoms with Gasteiger partial charge in [0, 0.05) is 18.3 Å². The molecule has 0 radical (unpaired) electrons. The molecule has 90 valence electrons. The van der Waals surface area contributed by atoms with Crippen LogP contribution in [-0.2, 0) is 6.54 Å². The lowest BCUT2D eigenvalue weighted by Gasteiger charge is -2.04. The van der Waals surface area contributed by atoms with E-state index in [1.54, 1.807) is 13.3 Å². The van der Waals surface area contributed by atoms with Crippen LogP contribution in [0.1, 0.15) is 0 Å². The van der Waals surface area contributed by atoms with E-state index in [2.05, 4.69) is 5.10 Å². The smallest absolute Gasteiger partial charge is 0.138 e. The molecule has 5 heteroatoms. The summed E-state index contributed by atoms with van der Waals surface area (Å²) in [5.41, 5.74) is 7.52. The fourth-order valence-electron chi connectivity index (χ4n) is 1.61. The molecule has 2 rings (SSSR count). The van der Waals surface area contributed by atoms with E-state index in [0.29, 0.717) is 23.9 Å². The Balaban J connectivity index is 2.32. The van der Waals surface area contributed by atoms with Gasteiger partial charge in [0.05, 0.1) is 24.9 Å². The number of benzene rings is 1. The Morgan fingerprint density at radius 1 is 1.41 bits per heavy atom. The molecule has 1 heterocycles. The van der Waals surface area contributed by atoms with Gasteiger partial charge in [0.2, 0.25) is 0 Å². The first-order valence-corrected chi connectivity index (χ1v) is 5.69. The molecule has 2 N–H and O–H groups in total. The van der Waals surface area contributed by atoms with Crippen LogP contribution in [0.3, 0.4) is 0 Å². The summed E-state index contributed by atoms with van der Waals surface area (Å²) in [4.78, 5) is 0. The Hall–Kier alpha value is -1.52. The molecule has 0 unspecified atom stereocenters. The van der Waals surface area contributed by atoms with E-state index < -0.39 is 0 Å². The summed E-state index contributed by atoms with van der Waals surface area (Å²) in [5, 5.41) is 4.83. The van der Waals surface area contributed by atoms with Crippen molar-refractivity contribution in [1.82, 2.24) is 9.78 Å². The largest absolute Gasteiger partial charge is 0.495 e. The summed E-state index contributed by atoms with van der Waals surface area (Å²) >= 11 is 5.98. The van der Waals surface area contributed by atoms with Gasteiger partial charge in [-0.2, -0.15) is 5.10 Å². The van der Waals surface area contributed by atoms with Crippen molar-refractivity contribution in [2.75, 3.05) is 13.7 Å². The fraction of sp³-hybridized carbons (Fsp3) is 0.250. The lowest BCUT2D eigenvalue weighted by Crippen LogP contribution is -2.09. The van der Waals surface area contributed by atoms with E-state index in [1.807, 2.05) is 29.1 Å². The van der Waals surface area contributed by atoms with Crippen molar-refractivity contribution in [3.8, 4) is 16.9 Å². The molecule has 0 fully saturated rings. The number of ether oxygens (including phenoxy) is 1. The average molecular weight is 252 g/mol. The van der Waals surface area contributed by atoms with E-state index in [0.717, 1.165) is 11.1 Å². The topological polar surface area (TPSA) is 53.1 Å². The maximum absolute atomic E-state index is 5.98. The van der Waals surface area contributed by atoms with Crippen molar-refractivity contribution in [3.63, 3.8) is 0 Å². The number of methoxy groups -OCH3 is 1. The molecule has 0 saturated heterocycles. The molecule has 0 aliphatic carbocycles. The fourth-order valence-corrected chi connectivity index (χ4v) is 1.80. The molecule has 1 aromatic heterocycles. The van der Waals surface area contributed by atoms with Gasteiger partial charge in [-0.25, -0.2) is 0 Å². The van der Waals surface area contributed by atoms with E-state index in [1.165, 1.54) is 0 Å². The van der Waals surface area contributed by atoms with Crippen LogP contribution >= 0.6 is 11.6 Å². The van der Waals surface area contributed by atoms with Gasteiger partial charge in [0.15, 0.2) is 0 Å². The maximum Gasteiger partial charge on any atom is 0.138 e. The molecule has 4 nitrogen and oxygen atoms in total. The van der Waals surface area contributed by atoms with Gasteiger partial charge >= 0.3 is 0 Å². The molecular weight excluding hydrogens is 238 g/mol. The van der Waals surface area contributed by atoms with Crippen LogP contribution in [0.15, 0.2) is 30.6 Å². The minimum Gasteiger partial charge on any atom is -0.495 e. The third-order valence-electron chi connectivity index (χ3n) is 2.48. The number of hydrogen-bond donors (Lipinski definition) is 1. The maximum atomic E-state index is 5.98. The summed E-state index contributed by atoms with van der Waals surface area (Å²) < 4.78 is 7.00. The highest BCUT2D eigenvalue weighted by molar-refractivity contribution is 6.32. The number of aromatic nitrogens is 2. The lowest BCUT2D eigenvalue weighted by molar-refractivity contribution is 0.415. The van der Waals surface area contributed by atoms with E-state index in [9.17, 15) is 0 Å². The van der Waals surface area contributed by atoms with Crippen molar-refractivity contribution in [2.24, 2.45) is 5.73 Å². The molecule has 0 atom stereocenters. The molecule has 17 heavy (non-hydrogen) atoms. The molecule has 1 aromatic carbocycles. The monoisotopic (exact) mass is 251 g/mol. The lowest BCUT2D eigenvalue weighted by atomic mass is 10.1. The van der Waals surface area contributed by atoms with Crippen LogP contribution in [0.25, 0.3) is 11.1 Å². The highest BCUT2D eigenvalue weighted by Crippen LogP contribution is 2.29. The van der Waals surface area contributed by atoms with Crippen molar-refractivity contribution >= 4 is 11.6 Å². The minimum atomic E-state index is 0.574. The molecule has 0 saturated carbocycles. The number of nitrogens with two attached hydrogens (primary N) is 1. The van der Waals surface area contributed by atoms with Crippen LogP contribution in [-0.4, -0.2) is 23.4 Å². The van der Waals surface area contributed by atoms with E-state index in [4.69, 9.17) is 22.1 Å². The Bertz CT molecular complexity index is 510. The second-order valence-corrected chi connectivity index (χ2v) is 4.04. The SMILES string of the molecule is COc1cc(-c2cnn(CCN)c2)ccc1Cl. The van der Waals surface area contributed by atoms with Crippen LogP contribution < -0.4 is 10.5 Å². The van der Waals surface area contributed by atoms with Gasteiger partial charge in [0.1, 0.15) is 5.75 Å². The first-order valence-electron chi connectivity index (χ1n) is 5.31. The standard InChI is InChI=1S/C12H14ClN3O/c1-17-12-6-9(2-3-11(12)13)10-7-15-16(8-10)5-4-14/h2-3,6-8H,4-5,14H2,1H3. The van der Waals surface area contributed by atoms with Crippen molar-refractivity contribution < 1.29 is 4.74 Å². The Kier molecular flexibility index (Phi) is 3.66. The highest BCUT2D eigenvalue weighted by atomic mass is 35.5. The summed E-state index contributed by atoms with van der Waals surface area (Å²) in [5.74, 6) is 0.663.